The highest BCUT2D eigenvalue weighted by atomic mass is 35.5. The standard InChI is InChI=1S/C27H34ClN5O2/c1-5-23-24(19(15-29)7-6-17(2)30)25(32-16-31-23)18-8-9-21(22(28)14-18)26(34)33-12-10-20(11-13-33)27(3,4)35/h6-9,14-16,20,35H,2,5,10-13,29-30H2,1,3-4H3/b7-6-,19-15+. The summed E-state index contributed by atoms with van der Waals surface area (Å²) in [5, 5.41) is 10.6. The first-order chi connectivity index (χ1) is 16.6. The molecule has 1 aliphatic heterocycles. The van der Waals surface area contributed by atoms with Crippen molar-refractivity contribution in [3.63, 3.8) is 0 Å². The van der Waals surface area contributed by atoms with Gasteiger partial charge in [0, 0.05) is 41.7 Å². The molecular weight excluding hydrogens is 462 g/mol. The number of carbonyl (C=O) groups is 1. The van der Waals surface area contributed by atoms with Crippen molar-refractivity contribution in [1.82, 2.24) is 14.9 Å². The van der Waals surface area contributed by atoms with Crippen molar-refractivity contribution in [1.29, 1.82) is 0 Å². The summed E-state index contributed by atoms with van der Waals surface area (Å²) in [6.45, 7) is 10.5. The van der Waals surface area contributed by atoms with Gasteiger partial charge in [-0.05, 0) is 57.2 Å². The minimum Gasteiger partial charge on any atom is -0.404 e. The number of nitrogens with two attached hydrogens (primary N) is 2. The van der Waals surface area contributed by atoms with E-state index in [0.29, 0.717) is 47.1 Å². The Bertz CT molecular complexity index is 1160. The number of nitrogens with zero attached hydrogens (tertiary/aromatic N) is 3. The normalized spacial score (nSPS) is 15.6. The van der Waals surface area contributed by atoms with Gasteiger partial charge < -0.3 is 21.5 Å². The fourth-order valence-electron chi connectivity index (χ4n) is 4.43. The fraction of sp³-hybridized carbons (Fsp3) is 0.370. The Hall–Kier alpha value is -3.16. The van der Waals surface area contributed by atoms with Crippen molar-refractivity contribution in [2.75, 3.05) is 13.1 Å². The number of carbonyl (C=O) groups excluding carboxylic acids is 1. The Balaban J connectivity index is 1.93. The van der Waals surface area contributed by atoms with Gasteiger partial charge in [-0.2, -0.15) is 0 Å². The lowest BCUT2D eigenvalue weighted by molar-refractivity contribution is -0.0108. The molecule has 0 spiro atoms. The predicted octanol–water partition coefficient (Wildman–Crippen LogP) is 4.31. The van der Waals surface area contributed by atoms with Gasteiger partial charge >= 0.3 is 0 Å². The number of likely N-dealkylation sites (tertiary alicyclic amines) is 1. The highest BCUT2D eigenvalue weighted by Crippen LogP contribution is 2.34. The SMILES string of the molecule is C=C(N)/C=C\C(=C/N)c1c(CC)ncnc1-c1ccc(C(=O)N2CCC(C(C)(C)O)CC2)c(Cl)c1. The Kier molecular flexibility index (Phi) is 8.35. The van der Waals surface area contributed by atoms with Crippen LogP contribution in [0.3, 0.4) is 0 Å². The van der Waals surface area contributed by atoms with Crippen LogP contribution in [0.2, 0.25) is 5.02 Å². The van der Waals surface area contributed by atoms with Crippen molar-refractivity contribution in [2.45, 2.75) is 45.6 Å². The van der Waals surface area contributed by atoms with Crippen LogP contribution in [0, 0.1) is 5.92 Å². The maximum atomic E-state index is 13.2. The molecule has 0 aliphatic carbocycles. The molecular formula is C27H34ClN5O2. The van der Waals surface area contributed by atoms with E-state index in [-0.39, 0.29) is 11.8 Å². The van der Waals surface area contributed by atoms with E-state index in [9.17, 15) is 9.90 Å². The molecule has 2 heterocycles. The zero-order chi connectivity index (χ0) is 25.8. The second-order valence-corrected chi connectivity index (χ2v) is 9.75. The van der Waals surface area contributed by atoms with Crippen molar-refractivity contribution in [3.8, 4) is 11.3 Å². The molecule has 0 radical (unpaired) electrons. The third-order valence-corrected chi connectivity index (χ3v) is 6.77. The number of amides is 1. The Morgan fingerprint density at radius 2 is 1.97 bits per heavy atom. The molecule has 186 valence electrons. The first-order valence-electron chi connectivity index (χ1n) is 11.8. The number of benzene rings is 1. The quantitative estimate of drug-likeness (QED) is 0.492. The third-order valence-electron chi connectivity index (χ3n) is 6.46. The molecule has 7 nitrogen and oxygen atoms in total. The summed E-state index contributed by atoms with van der Waals surface area (Å²) in [6, 6.07) is 5.33. The van der Waals surface area contributed by atoms with Gasteiger partial charge in [0.05, 0.1) is 27.6 Å². The number of halogens is 1. The molecule has 1 saturated heterocycles. The summed E-state index contributed by atoms with van der Waals surface area (Å²) in [5.41, 5.74) is 15.5. The Labute approximate surface area is 212 Å². The van der Waals surface area contributed by atoms with E-state index in [1.807, 2.05) is 26.8 Å². The molecule has 1 aliphatic rings. The van der Waals surface area contributed by atoms with E-state index < -0.39 is 5.60 Å². The number of piperidine rings is 1. The van der Waals surface area contributed by atoms with E-state index in [4.69, 9.17) is 23.1 Å². The number of aryl methyl sites for hydroxylation is 1. The molecule has 2 aromatic rings. The molecule has 0 unspecified atom stereocenters. The predicted molar refractivity (Wildman–Crippen MR) is 141 cm³/mol. The van der Waals surface area contributed by atoms with Crippen LogP contribution in [0.15, 0.2) is 55.2 Å². The largest absolute Gasteiger partial charge is 0.404 e. The molecule has 8 heteroatoms. The van der Waals surface area contributed by atoms with Crippen LogP contribution in [-0.4, -0.2) is 44.6 Å². The van der Waals surface area contributed by atoms with Crippen LogP contribution in [0.25, 0.3) is 16.8 Å². The number of aromatic nitrogens is 2. The summed E-state index contributed by atoms with van der Waals surface area (Å²) in [7, 11) is 0. The number of hydrogen-bond donors (Lipinski definition) is 3. The van der Waals surface area contributed by atoms with Gasteiger partial charge in [-0.1, -0.05) is 37.2 Å². The van der Waals surface area contributed by atoms with Crippen molar-refractivity contribution >= 4 is 23.1 Å². The van der Waals surface area contributed by atoms with Crippen LogP contribution in [0.1, 0.15) is 55.2 Å². The summed E-state index contributed by atoms with van der Waals surface area (Å²) in [6.07, 6.45) is 8.63. The lowest BCUT2D eigenvalue weighted by Gasteiger charge is -2.37. The zero-order valence-corrected chi connectivity index (χ0v) is 21.3. The first kappa shape index (κ1) is 26.4. The molecule has 1 aromatic carbocycles. The van der Waals surface area contributed by atoms with Crippen LogP contribution in [0.5, 0.6) is 0 Å². The minimum atomic E-state index is -0.746. The topological polar surface area (TPSA) is 118 Å². The van der Waals surface area contributed by atoms with E-state index >= 15 is 0 Å². The summed E-state index contributed by atoms with van der Waals surface area (Å²) >= 11 is 6.62. The summed E-state index contributed by atoms with van der Waals surface area (Å²) in [5.74, 6) is 0.0588. The number of hydrogen-bond acceptors (Lipinski definition) is 6. The third kappa shape index (κ3) is 6.10. The van der Waals surface area contributed by atoms with Gasteiger partial charge in [0.1, 0.15) is 6.33 Å². The van der Waals surface area contributed by atoms with Gasteiger partial charge in [0.25, 0.3) is 5.91 Å². The average molecular weight is 496 g/mol. The first-order valence-corrected chi connectivity index (χ1v) is 12.1. The molecule has 3 rings (SSSR count). The van der Waals surface area contributed by atoms with E-state index in [0.717, 1.165) is 29.7 Å². The molecule has 0 bridgehead atoms. The van der Waals surface area contributed by atoms with Crippen LogP contribution in [-0.2, 0) is 6.42 Å². The number of aliphatic hydroxyl groups is 1. The Morgan fingerprint density at radius 3 is 2.51 bits per heavy atom. The lowest BCUT2D eigenvalue weighted by atomic mass is 9.83. The van der Waals surface area contributed by atoms with Crippen molar-refractivity contribution in [2.24, 2.45) is 17.4 Å². The molecule has 1 aromatic heterocycles. The molecule has 1 fully saturated rings. The maximum absolute atomic E-state index is 13.2. The number of allylic oxidation sites excluding steroid dienone is 3. The van der Waals surface area contributed by atoms with Gasteiger partial charge in [0.15, 0.2) is 0 Å². The smallest absolute Gasteiger partial charge is 0.255 e. The highest BCUT2D eigenvalue weighted by molar-refractivity contribution is 6.34. The zero-order valence-electron chi connectivity index (χ0n) is 20.6. The second kappa shape index (κ2) is 11.1. The van der Waals surface area contributed by atoms with Gasteiger partial charge in [-0.25, -0.2) is 9.97 Å². The molecule has 1 amide bonds. The van der Waals surface area contributed by atoms with Crippen LogP contribution in [0.4, 0.5) is 0 Å². The second-order valence-electron chi connectivity index (χ2n) is 9.34. The summed E-state index contributed by atoms with van der Waals surface area (Å²) in [4.78, 5) is 23.9. The Morgan fingerprint density at radius 1 is 1.29 bits per heavy atom. The summed E-state index contributed by atoms with van der Waals surface area (Å²) < 4.78 is 0. The molecule has 5 N–H and O–H groups in total. The van der Waals surface area contributed by atoms with Crippen molar-refractivity contribution in [3.05, 3.63) is 77.0 Å². The van der Waals surface area contributed by atoms with Gasteiger partial charge in [-0.15, -0.1) is 0 Å². The molecule has 0 atom stereocenters. The van der Waals surface area contributed by atoms with Gasteiger partial charge in [0.2, 0.25) is 0 Å². The van der Waals surface area contributed by atoms with E-state index in [1.54, 1.807) is 29.2 Å². The minimum absolute atomic E-state index is 0.111. The number of rotatable bonds is 7. The fourth-order valence-corrected chi connectivity index (χ4v) is 4.69. The van der Waals surface area contributed by atoms with E-state index in [1.165, 1.54) is 12.5 Å². The monoisotopic (exact) mass is 495 g/mol. The maximum Gasteiger partial charge on any atom is 0.255 e. The average Bonchev–Trinajstić information content (AvgIpc) is 2.83. The molecule has 0 saturated carbocycles. The van der Waals surface area contributed by atoms with E-state index in [2.05, 4.69) is 16.5 Å². The van der Waals surface area contributed by atoms with Crippen LogP contribution >= 0.6 is 11.6 Å². The van der Waals surface area contributed by atoms with Gasteiger partial charge in [-0.3, -0.25) is 4.79 Å². The van der Waals surface area contributed by atoms with Crippen LogP contribution < -0.4 is 11.5 Å². The van der Waals surface area contributed by atoms with Crippen molar-refractivity contribution < 1.29 is 9.90 Å². The highest BCUT2D eigenvalue weighted by Gasteiger charge is 2.32. The molecule has 35 heavy (non-hydrogen) atoms. The lowest BCUT2D eigenvalue weighted by Crippen LogP contribution is -2.44.